The van der Waals surface area contributed by atoms with Crippen LogP contribution in [0, 0.1) is 0 Å². The molecule has 0 N–H and O–H groups in total. The smallest absolute Gasteiger partial charge is 0.0714 e. The van der Waals surface area contributed by atoms with Crippen molar-refractivity contribution in [3.05, 3.63) is 143 Å². The fraction of sp³-hybridized carbons (Fsp3) is 0.0909. The lowest BCUT2D eigenvalue weighted by Gasteiger charge is -2.33. The van der Waals surface area contributed by atoms with Gasteiger partial charge in [0.15, 0.2) is 0 Å². The van der Waals surface area contributed by atoms with Gasteiger partial charge in [0.05, 0.1) is 5.41 Å². The molecule has 2 aliphatic rings. The molecule has 1 nitrogen and oxygen atoms in total. The van der Waals surface area contributed by atoms with Crippen LogP contribution >= 0.6 is 0 Å². The van der Waals surface area contributed by atoms with Crippen molar-refractivity contribution in [2.45, 2.75) is 11.8 Å². The highest BCUT2D eigenvalue weighted by Crippen LogP contribution is 2.57. The number of benzene rings is 4. The van der Waals surface area contributed by atoms with E-state index in [0.717, 1.165) is 6.42 Å². The van der Waals surface area contributed by atoms with Gasteiger partial charge in [-0.25, -0.2) is 0 Å². The maximum atomic E-state index is 2.46. The van der Waals surface area contributed by atoms with Gasteiger partial charge in [0.25, 0.3) is 0 Å². The molecule has 1 heteroatoms. The summed E-state index contributed by atoms with van der Waals surface area (Å²) < 4.78 is 2.36. The SMILES string of the molecule is Cn1c2c(c3cc4c(cc31)C(c1ccccc1)(c1ccccc1)c1ccccc1-4)C=CCC=C2. The van der Waals surface area contributed by atoms with E-state index in [1.165, 1.54) is 55.5 Å². The van der Waals surface area contributed by atoms with E-state index >= 15 is 0 Å². The van der Waals surface area contributed by atoms with Crippen LogP contribution in [0.25, 0.3) is 34.2 Å². The second-order valence-corrected chi connectivity index (χ2v) is 9.34. The first-order valence-corrected chi connectivity index (χ1v) is 12.0. The summed E-state index contributed by atoms with van der Waals surface area (Å²) in [5.41, 5.74) is 11.5. The van der Waals surface area contributed by atoms with Crippen molar-refractivity contribution in [3.63, 3.8) is 0 Å². The van der Waals surface area contributed by atoms with E-state index < -0.39 is 0 Å². The largest absolute Gasteiger partial charge is 0.344 e. The predicted molar refractivity (Wildman–Crippen MR) is 143 cm³/mol. The normalized spacial score (nSPS) is 15.1. The fourth-order valence-electron chi connectivity index (χ4n) is 6.24. The van der Waals surface area contributed by atoms with Crippen LogP contribution in [0.5, 0.6) is 0 Å². The summed E-state index contributed by atoms with van der Waals surface area (Å²) in [6.45, 7) is 0. The van der Waals surface area contributed by atoms with Crippen molar-refractivity contribution in [2.24, 2.45) is 7.05 Å². The van der Waals surface area contributed by atoms with E-state index in [1.807, 2.05) is 0 Å². The Balaban J connectivity index is 1.67. The molecule has 0 spiro atoms. The lowest BCUT2D eigenvalue weighted by Crippen LogP contribution is -2.28. The predicted octanol–water partition coefficient (Wildman–Crippen LogP) is 7.97. The van der Waals surface area contributed by atoms with Crippen LogP contribution < -0.4 is 0 Å². The molecule has 162 valence electrons. The summed E-state index contributed by atoms with van der Waals surface area (Å²) in [4.78, 5) is 0. The molecule has 0 amide bonds. The van der Waals surface area contributed by atoms with Crippen LogP contribution in [-0.4, -0.2) is 4.57 Å². The number of allylic oxidation sites excluding steroid dienone is 2. The molecule has 1 heterocycles. The van der Waals surface area contributed by atoms with Crippen LogP contribution in [0.4, 0.5) is 0 Å². The Morgan fingerprint density at radius 2 is 1.29 bits per heavy atom. The van der Waals surface area contributed by atoms with Gasteiger partial charge in [0, 0.05) is 29.2 Å². The van der Waals surface area contributed by atoms with Crippen LogP contribution in [0.2, 0.25) is 0 Å². The van der Waals surface area contributed by atoms with Gasteiger partial charge in [0.1, 0.15) is 0 Å². The second kappa shape index (κ2) is 7.20. The first kappa shape index (κ1) is 19.4. The van der Waals surface area contributed by atoms with Crippen molar-refractivity contribution < 1.29 is 0 Å². The average molecular weight is 436 g/mol. The number of nitrogens with zero attached hydrogens (tertiary/aromatic N) is 1. The fourth-order valence-corrected chi connectivity index (χ4v) is 6.24. The Morgan fingerprint density at radius 1 is 0.647 bits per heavy atom. The lowest BCUT2D eigenvalue weighted by molar-refractivity contribution is 0.768. The van der Waals surface area contributed by atoms with E-state index in [0.29, 0.717) is 0 Å². The zero-order valence-corrected chi connectivity index (χ0v) is 19.2. The summed E-state index contributed by atoms with van der Waals surface area (Å²) >= 11 is 0. The van der Waals surface area contributed by atoms with E-state index in [4.69, 9.17) is 0 Å². The van der Waals surface area contributed by atoms with Gasteiger partial charge in [-0.3, -0.25) is 0 Å². The summed E-state index contributed by atoms with van der Waals surface area (Å²) in [7, 11) is 2.20. The first-order valence-electron chi connectivity index (χ1n) is 12.0. The van der Waals surface area contributed by atoms with Crippen molar-refractivity contribution in [1.82, 2.24) is 4.57 Å². The minimum Gasteiger partial charge on any atom is -0.344 e. The molecule has 0 saturated heterocycles. The van der Waals surface area contributed by atoms with Crippen LogP contribution in [0.15, 0.2) is 109 Å². The van der Waals surface area contributed by atoms with Gasteiger partial charge in [-0.2, -0.15) is 0 Å². The second-order valence-electron chi connectivity index (χ2n) is 9.34. The molecule has 0 atom stereocenters. The molecule has 0 aliphatic heterocycles. The number of hydrogen-bond donors (Lipinski definition) is 0. The minimum absolute atomic E-state index is 0.351. The number of rotatable bonds is 2. The van der Waals surface area contributed by atoms with Gasteiger partial charge in [-0.15, -0.1) is 0 Å². The zero-order chi connectivity index (χ0) is 22.7. The maximum absolute atomic E-state index is 2.46. The molecule has 0 unspecified atom stereocenters. The first-order chi connectivity index (χ1) is 16.8. The average Bonchev–Trinajstić information content (AvgIpc) is 3.17. The van der Waals surface area contributed by atoms with Crippen molar-refractivity contribution in [2.75, 3.05) is 0 Å². The summed E-state index contributed by atoms with van der Waals surface area (Å²) in [6, 6.07) is 35.9. The maximum Gasteiger partial charge on any atom is 0.0714 e. The molecule has 4 aromatic carbocycles. The molecule has 5 aromatic rings. The molecule has 1 aromatic heterocycles. The Labute approximate surface area is 200 Å². The van der Waals surface area contributed by atoms with E-state index in [2.05, 4.69) is 133 Å². The molecular weight excluding hydrogens is 410 g/mol. The molecule has 0 bridgehead atoms. The third-order valence-electron chi connectivity index (χ3n) is 7.70. The molecule has 0 saturated carbocycles. The van der Waals surface area contributed by atoms with Gasteiger partial charge in [0.2, 0.25) is 0 Å². The molecule has 34 heavy (non-hydrogen) atoms. The highest BCUT2D eigenvalue weighted by atomic mass is 14.9. The summed E-state index contributed by atoms with van der Waals surface area (Å²) in [6.07, 6.45) is 10.1. The topological polar surface area (TPSA) is 4.93 Å². The summed E-state index contributed by atoms with van der Waals surface area (Å²) in [5.74, 6) is 0. The minimum atomic E-state index is -0.351. The Hall–Kier alpha value is -4.10. The molecular formula is C33H25N. The van der Waals surface area contributed by atoms with E-state index in [1.54, 1.807) is 0 Å². The van der Waals surface area contributed by atoms with Crippen LogP contribution in [0.3, 0.4) is 0 Å². The third-order valence-corrected chi connectivity index (χ3v) is 7.70. The van der Waals surface area contributed by atoms with Crippen molar-refractivity contribution >= 4 is 23.1 Å². The van der Waals surface area contributed by atoms with Crippen LogP contribution in [-0.2, 0) is 12.5 Å². The molecule has 2 aliphatic carbocycles. The Kier molecular flexibility index (Phi) is 4.10. The molecule has 7 rings (SSSR count). The molecule has 0 radical (unpaired) electrons. The van der Waals surface area contributed by atoms with Crippen molar-refractivity contribution in [1.29, 1.82) is 0 Å². The Morgan fingerprint density at radius 3 is 2.03 bits per heavy atom. The number of fused-ring (bicyclic) bond motifs is 6. The number of aryl methyl sites for hydroxylation is 1. The third kappa shape index (κ3) is 2.44. The zero-order valence-electron chi connectivity index (χ0n) is 19.2. The molecule has 0 fully saturated rings. The highest BCUT2D eigenvalue weighted by molar-refractivity contribution is 6.01. The van der Waals surface area contributed by atoms with E-state index in [-0.39, 0.29) is 5.41 Å². The quantitative estimate of drug-likeness (QED) is 0.260. The number of hydrogen-bond acceptors (Lipinski definition) is 0. The Bertz CT molecular complexity index is 1570. The monoisotopic (exact) mass is 435 g/mol. The van der Waals surface area contributed by atoms with Crippen LogP contribution in [0.1, 0.15) is 39.9 Å². The van der Waals surface area contributed by atoms with Gasteiger partial charge in [-0.05, 0) is 58.0 Å². The van der Waals surface area contributed by atoms with Gasteiger partial charge < -0.3 is 4.57 Å². The van der Waals surface area contributed by atoms with Gasteiger partial charge in [-0.1, -0.05) is 103 Å². The standard InChI is InChI=1S/C33H25N/c1-34-31-20-10-4-9-18-26(31)28-21-27-25-17-11-12-19-29(25)33(30(27)22-32(28)34,23-13-5-2-6-14-23)24-15-7-3-8-16-24/h2-3,5-22H,4H2,1H3. The van der Waals surface area contributed by atoms with Crippen molar-refractivity contribution in [3.8, 4) is 11.1 Å². The lowest BCUT2D eigenvalue weighted by atomic mass is 9.67. The highest BCUT2D eigenvalue weighted by Gasteiger charge is 2.46. The van der Waals surface area contributed by atoms with E-state index in [9.17, 15) is 0 Å². The van der Waals surface area contributed by atoms with Gasteiger partial charge >= 0.3 is 0 Å². The number of aromatic nitrogens is 1. The summed E-state index contributed by atoms with van der Waals surface area (Å²) in [5, 5.41) is 1.32.